The largest absolute Gasteiger partial charge is 0.380 e. The molecule has 1 aliphatic carbocycles. The zero-order valence-electron chi connectivity index (χ0n) is 15.2. The van der Waals surface area contributed by atoms with Crippen LogP contribution in [0.4, 0.5) is 5.69 Å². The van der Waals surface area contributed by atoms with Crippen LogP contribution in [0.1, 0.15) is 42.9 Å². The van der Waals surface area contributed by atoms with Crippen molar-refractivity contribution in [2.45, 2.75) is 43.2 Å². The summed E-state index contributed by atoms with van der Waals surface area (Å²) in [5, 5.41) is 3.90. The fraction of sp³-hybridized carbons (Fsp3) is 0.500. The Labute approximate surface area is 155 Å². The van der Waals surface area contributed by atoms with Crippen LogP contribution in [0.5, 0.6) is 0 Å². The van der Waals surface area contributed by atoms with E-state index >= 15 is 0 Å². The lowest BCUT2D eigenvalue weighted by Crippen LogP contribution is -2.42. The van der Waals surface area contributed by atoms with Gasteiger partial charge in [-0.25, -0.2) is 0 Å². The molecule has 2 aromatic rings. The molecule has 2 atom stereocenters. The Bertz CT molecular complexity index is 749. The molecule has 1 N–H and O–H groups in total. The highest BCUT2D eigenvalue weighted by Crippen LogP contribution is 2.51. The highest BCUT2D eigenvalue weighted by molar-refractivity contribution is 5.48. The highest BCUT2D eigenvalue weighted by Gasteiger charge is 2.45. The first kappa shape index (κ1) is 16.3. The fourth-order valence-corrected chi connectivity index (χ4v) is 5.20. The van der Waals surface area contributed by atoms with E-state index in [1.807, 2.05) is 18.5 Å². The number of aromatic nitrogens is 1. The third-order valence-electron chi connectivity index (χ3n) is 6.60. The smallest absolute Gasteiger partial charge is 0.0620 e. The highest BCUT2D eigenvalue weighted by atomic mass is 16.5. The maximum Gasteiger partial charge on any atom is 0.0620 e. The number of hydrogen-bond acceptors (Lipinski definition) is 4. The molecule has 3 aliphatic rings. The van der Waals surface area contributed by atoms with Crippen molar-refractivity contribution >= 4 is 5.69 Å². The maximum absolute atomic E-state index is 5.58. The first-order chi connectivity index (χ1) is 12.8. The Morgan fingerprint density at radius 2 is 2.00 bits per heavy atom. The first-order valence-corrected chi connectivity index (χ1v) is 9.92. The van der Waals surface area contributed by atoms with Crippen molar-refractivity contribution < 1.29 is 4.74 Å². The van der Waals surface area contributed by atoms with Gasteiger partial charge in [-0.3, -0.25) is 4.98 Å². The predicted molar refractivity (Wildman–Crippen MR) is 104 cm³/mol. The minimum atomic E-state index is 0.326. The lowest BCUT2D eigenvalue weighted by atomic mass is 9.73. The van der Waals surface area contributed by atoms with Crippen LogP contribution < -0.4 is 10.2 Å². The van der Waals surface area contributed by atoms with Crippen LogP contribution in [-0.2, 0) is 10.2 Å². The minimum absolute atomic E-state index is 0.326. The van der Waals surface area contributed by atoms with E-state index in [-0.39, 0.29) is 0 Å². The molecule has 0 saturated carbocycles. The molecule has 2 aliphatic heterocycles. The van der Waals surface area contributed by atoms with Crippen molar-refractivity contribution in [3.05, 3.63) is 59.9 Å². The normalized spacial score (nSPS) is 27.0. The molecule has 0 amide bonds. The number of pyridine rings is 1. The topological polar surface area (TPSA) is 37.4 Å². The molecule has 4 nitrogen and oxygen atoms in total. The van der Waals surface area contributed by atoms with Gasteiger partial charge in [0.1, 0.15) is 0 Å². The second kappa shape index (κ2) is 6.67. The quantitative estimate of drug-likeness (QED) is 0.921. The van der Waals surface area contributed by atoms with E-state index in [4.69, 9.17) is 4.74 Å². The van der Waals surface area contributed by atoms with E-state index in [1.54, 1.807) is 5.56 Å². The van der Waals surface area contributed by atoms with Gasteiger partial charge in [-0.1, -0.05) is 24.3 Å². The summed E-state index contributed by atoms with van der Waals surface area (Å²) in [5.74, 6) is 0. The maximum atomic E-state index is 5.58. The van der Waals surface area contributed by atoms with Crippen LogP contribution in [-0.4, -0.2) is 37.3 Å². The summed E-state index contributed by atoms with van der Waals surface area (Å²) < 4.78 is 5.58. The number of hydrogen-bond donors (Lipinski definition) is 1. The number of rotatable bonds is 3. The average Bonchev–Trinajstić information content (AvgIpc) is 3.31. The zero-order valence-corrected chi connectivity index (χ0v) is 15.2. The summed E-state index contributed by atoms with van der Waals surface area (Å²) in [5.41, 5.74) is 4.69. The second-order valence-electron chi connectivity index (χ2n) is 8.05. The van der Waals surface area contributed by atoms with Gasteiger partial charge in [0.25, 0.3) is 0 Å². The van der Waals surface area contributed by atoms with Crippen molar-refractivity contribution in [3.8, 4) is 0 Å². The number of benzene rings is 1. The Hall–Kier alpha value is -1.91. The molecule has 4 heteroatoms. The van der Waals surface area contributed by atoms with Crippen LogP contribution in [0, 0.1) is 0 Å². The lowest BCUT2D eigenvalue weighted by Gasteiger charge is -2.41. The van der Waals surface area contributed by atoms with Crippen molar-refractivity contribution in [2.75, 3.05) is 31.2 Å². The molecule has 3 heterocycles. The summed E-state index contributed by atoms with van der Waals surface area (Å²) >= 11 is 0. The summed E-state index contributed by atoms with van der Waals surface area (Å²) in [6.07, 6.45) is 8.65. The monoisotopic (exact) mass is 349 g/mol. The van der Waals surface area contributed by atoms with Gasteiger partial charge in [-0.2, -0.15) is 0 Å². The molecule has 5 rings (SSSR count). The van der Waals surface area contributed by atoms with Crippen molar-refractivity contribution in [1.82, 2.24) is 10.3 Å². The molecule has 0 radical (unpaired) electrons. The van der Waals surface area contributed by atoms with E-state index in [0.29, 0.717) is 17.5 Å². The molecule has 26 heavy (non-hydrogen) atoms. The van der Waals surface area contributed by atoms with Gasteiger partial charge in [0.15, 0.2) is 0 Å². The molecule has 1 aromatic heterocycles. The van der Waals surface area contributed by atoms with Gasteiger partial charge in [0.05, 0.1) is 18.5 Å². The van der Waals surface area contributed by atoms with Gasteiger partial charge in [0, 0.05) is 43.4 Å². The van der Waals surface area contributed by atoms with Gasteiger partial charge in [-0.05, 0) is 48.9 Å². The van der Waals surface area contributed by atoms with Crippen LogP contribution in [0.3, 0.4) is 0 Å². The average molecular weight is 349 g/mol. The molecule has 0 bridgehead atoms. The number of nitrogens with zero attached hydrogens (tertiary/aromatic N) is 2. The number of ether oxygens (including phenoxy) is 1. The summed E-state index contributed by atoms with van der Waals surface area (Å²) in [6, 6.07) is 14.3. The van der Waals surface area contributed by atoms with Crippen LogP contribution >= 0.6 is 0 Å². The Kier molecular flexibility index (Phi) is 4.18. The van der Waals surface area contributed by atoms with Crippen LogP contribution in [0.25, 0.3) is 0 Å². The Morgan fingerprint density at radius 3 is 2.77 bits per heavy atom. The standard InChI is InChI=1S/C22H27N3O/c1-2-6-20-19(5-1)21(24-17-7-13-26-16-17)14-22(20)8-11-25(12-9-22)18-4-3-10-23-15-18/h1-6,10,15,17,21,24H,7-9,11-14,16H2. The van der Waals surface area contributed by atoms with Crippen LogP contribution in [0.2, 0.25) is 0 Å². The van der Waals surface area contributed by atoms with Crippen molar-refractivity contribution in [2.24, 2.45) is 0 Å². The molecule has 2 unspecified atom stereocenters. The molecular weight excluding hydrogens is 322 g/mol. The molecule has 136 valence electrons. The molecule has 1 aromatic carbocycles. The summed E-state index contributed by atoms with van der Waals surface area (Å²) in [6.45, 7) is 3.98. The number of fused-ring (bicyclic) bond motifs is 2. The fourth-order valence-electron chi connectivity index (χ4n) is 5.20. The summed E-state index contributed by atoms with van der Waals surface area (Å²) in [4.78, 5) is 6.78. The van der Waals surface area contributed by atoms with E-state index < -0.39 is 0 Å². The number of anilines is 1. The van der Waals surface area contributed by atoms with E-state index in [1.165, 1.54) is 30.5 Å². The SMILES string of the molecule is c1cncc(N2CCC3(CC2)CC(NC2CCOC2)c2ccccc23)c1. The molecule has 1 spiro atoms. The van der Waals surface area contributed by atoms with Gasteiger partial charge in [0.2, 0.25) is 0 Å². The van der Waals surface area contributed by atoms with Crippen LogP contribution in [0.15, 0.2) is 48.8 Å². The Morgan fingerprint density at radius 1 is 1.12 bits per heavy atom. The molecular formula is C22H27N3O. The van der Waals surface area contributed by atoms with Gasteiger partial charge < -0.3 is 15.0 Å². The second-order valence-corrected chi connectivity index (χ2v) is 8.05. The Balaban J connectivity index is 1.36. The minimum Gasteiger partial charge on any atom is -0.380 e. The lowest BCUT2D eigenvalue weighted by molar-refractivity contribution is 0.186. The van der Waals surface area contributed by atoms with Crippen molar-refractivity contribution in [1.29, 1.82) is 0 Å². The van der Waals surface area contributed by atoms with E-state index in [2.05, 4.69) is 45.5 Å². The van der Waals surface area contributed by atoms with Gasteiger partial charge >= 0.3 is 0 Å². The zero-order chi connectivity index (χ0) is 17.4. The van der Waals surface area contributed by atoms with E-state index in [0.717, 1.165) is 32.7 Å². The molecule has 2 saturated heterocycles. The van der Waals surface area contributed by atoms with Crippen molar-refractivity contribution in [3.63, 3.8) is 0 Å². The first-order valence-electron chi connectivity index (χ1n) is 9.92. The molecule has 2 fully saturated rings. The number of piperidine rings is 1. The third-order valence-corrected chi connectivity index (χ3v) is 6.60. The number of nitrogens with one attached hydrogen (secondary N) is 1. The predicted octanol–water partition coefficient (Wildman–Crippen LogP) is 3.44. The third kappa shape index (κ3) is 2.81. The van der Waals surface area contributed by atoms with Gasteiger partial charge in [-0.15, -0.1) is 0 Å². The summed E-state index contributed by atoms with van der Waals surface area (Å²) in [7, 11) is 0. The van der Waals surface area contributed by atoms with E-state index in [9.17, 15) is 0 Å².